The second kappa shape index (κ2) is 4.11. The van der Waals surface area contributed by atoms with E-state index in [0.29, 0.717) is 10.6 Å². The maximum Gasteiger partial charge on any atom is 0.127 e. The molecule has 0 aromatic heterocycles. The van der Waals surface area contributed by atoms with Crippen molar-refractivity contribution in [2.45, 2.75) is 19.3 Å². The fourth-order valence-corrected chi connectivity index (χ4v) is 2.27. The molecule has 2 rings (SSSR count). The van der Waals surface area contributed by atoms with E-state index in [4.69, 9.17) is 11.6 Å². The molecule has 0 aliphatic heterocycles. The van der Waals surface area contributed by atoms with Crippen LogP contribution in [-0.4, -0.2) is 13.6 Å². The van der Waals surface area contributed by atoms with Crippen molar-refractivity contribution in [3.8, 4) is 0 Å². The van der Waals surface area contributed by atoms with Crippen LogP contribution in [0.4, 0.5) is 4.39 Å². The Morgan fingerprint density at radius 3 is 2.73 bits per heavy atom. The highest BCUT2D eigenvalue weighted by molar-refractivity contribution is 6.31. The topological polar surface area (TPSA) is 12.0 Å². The zero-order chi connectivity index (χ0) is 10.9. The lowest BCUT2D eigenvalue weighted by Crippen LogP contribution is -2.22. The van der Waals surface area contributed by atoms with E-state index in [2.05, 4.69) is 5.32 Å². The van der Waals surface area contributed by atoms with Crippen LogP contribution in [0.2, 0.25) is 5.02 Å². The van der Waals surface area contributed by atoms with Crippen LogP contribution in [0.5, 0.6) is 0 Å². The van der Waals surface area contributed by atoms with Gasteiger partial charge < -0.3 is 5.32 Å². The number of hydrogen-bond donors (Lipinski definition) is 1. The van der Waals surface area contributed by atoms with Gasteiger partial charge in [-0.1, -0.05) is 17.7 Å². The summed E-state index contributed by atoms with van der Waals surface area (Å²) in [5, 5.41) is 3.72. The highest BCUT2D eigenvalue weighted by atomic mass is 35.5. The Morgan fingerprint density at radius 2 is 2.20 bits per heavy atom. The molecule has 0 spiro atoms. The van der Waals surface area contributed by atoms with Gasteiger partial charge in [-0.05, 0) is 43.9 Å². The summed E-state index contributed by atoms with van der Waals surface area (Å²) in [5.74, 6) is -0.176. The van der Waals surface area contributed by atoms with E-state index in [1.165, 1.54) is 18.9 Å². The highest BCUT2D eigenvalue weighted by Crippen LogP contribution is 2.48. The number of nitrogens with one attached hydrogen (secondary N) is 1. The van der Waals surface area contributed by atoms with Crippen LogP contribution >= 0.6 is 11.6 Å². The third kappa shape index (κ3) is 2.32. The van der Waals surface area contributed by atoms with Gasteiger partial charge in [-0.25, -0.2) is 4.39 Å². The number of halogens is 2. The summed E-state index contributed by atoms with van der Waals surface area (Å²) in [6.45, 7) is 0.942. The molecule has 15 heavy (non-hydrogen) atoms. The van der Waals surface area contributed by atoms with Crippen molar-refractivity contribution >= 4 is 11.6 Å². The standard InChI is InChI=1S/C12H15ClFN/c1-15-8-12(5-6-12)7-9-10(13)3-2-4-11(9)14/h2-4,15H,5-8H2,1H3. The molecule has 1 aromatic rings. The molecular formula is C12H15ClFN. The van der Waals surface area contributed by atoms with E-state index in [-0.39, 0.29) is 11.2 Å². The second-order valence-electron chi connectivity index (χ2n) is 4.41. The van der Waals surface area contributed by atoms with E-state index in [0.717, 1.165) is 13.0 Å². The Hall–Kier alpha value is -0.600. The van der Waals surface area contributed by atoms with E-state index in [9.17, 15) is 4.39 Å². The predicted molar refractivity (Wildman–Crippen MR) is 60.7 cm³/mol. The van der Waals surface area contributed by atoms with Gasteiger partial charge in [-0.15, -0.1) is 0 Å². The molecule has 1 N–H and O–H groups in total. The van der Waals surface area contributed by atoms with Gasteiger partial charge in [0.15, 0.2) is 0 Å². The Bertz CT molecular complexity index is 340. The number of hydrogen-bond acceptors (Lipinski definition) is 1. The first kappa shape index (κ1) is 10.9. The van der Waals surface area contributed by atoms with Gasteiger partial charge in [-0.3, -0.25) is 0 Å². The monoisotopic (exact) mass is 227 g/mol. The van der Waals surface area contributed by atoms with E-state index in [1.54, 1.807) is 12.1 Å². The Labute approximate surface area is 94.6 Å². The lowest BCUT2D eigenvalue weighted by molar-refractivity contribution is 0.465. The van der Waals surface area contributed by atoms with Gasteiger partial charge >= 0.3 is 0 Å². The molecule has 1 aliphatic rings. The maximum absolute atomic E-state index is 13.5. The first-order valence-electron chi connectivity index (χ1n) is 5.24. The Morgan fingerprint density at radius 1 is 1.47 bits per heavy atom. The third-order valence-electron chi connectivity index (χ3n) is 3.12. The zero-order valence-electron chi connectivity index (χ0n) is 8.82. The molecule has 1 saturated carbocycles. The number of benzene rings is 1. The van der Waals surface area contributed by atoms with Crippen molar-refractivity contribution in [1.29, 1.82) is 0 Å². The van der Waals surface area contributed by atoms with Gasteiger partial charge in [0.25, 0.3) is 0 Å². The largest absolute Gasteiger partial charge is 0.319 e. The van der Waals surface area contributed by atoms with Crippen molar-refractivity contribution in [3.05, 3.63) is 34.6 Å². The molecule has 1 aliphatic carbocycles. The summed E-state index contributed by atoms with van der Waals surface area (Å²) >= 11 is 6.00. The van der Waals surface area contributed by atoms with Crippen molar-refractivity contribution in [2.75, 3.05) is 13.6 Å². The van der Waals surface area contributed by atoms with Gasteiger partial charge in [0.2, 0.25) is 0 Å². The first-order valence-corrected chi connectivity index (χ1v) is 5.62. The van der Waals surface area contributed by atoms with Crippen molar-refractivity contribution in [1.82, 2.24) is 5.32 Å². The molecule has 0 bridgehead atoms. The maximum atomic E-state index is 13.5. The summed E-state index contributed by atoms with van der Waals surface area (Å²) in [7, 11) is 1.93. The Kier molecular flexibility index (Phi) is 2.98. The smallest absolute Gasteiger partial charge is 0.127 e. The molecule has 0 radical (unpaired) electrons. The molecule has 3 heteroatoms. The minimum Gasteiger partial charge on any atom is -0.319 e. The molecule has 0 saturated heterocycles. The van der Waals surface area contributed by atoms with Crippen LogP contribution in [0.15, 0.2) is 18.2 Å². The molecule has 82 valence electrons. The third-order valence-corrected chi connectivity index (χ3v) is 3.48. The quantitative estimate of drug-likeness (QED) is 0.834. The minimum absolute atomic E-state index is 0.176. The normalized spacial score (nSPS) is 17.8. The molecule has 0 amide bonds. The predicted octanol–water partition coefficient (Wildman–Crippen LogP) is 3.02. The van der Waals surface area contributed by atoms with Gasteiger partial charge in [-0.2, -0.15) is 0 Å². The van der Waals surface area contributed by atoms with E-state index in [1.807, 2.05) is 7.05 Å². The van der Waals surface area contributed by atoms with Gasteiger partial charge in [0, 0.05) is 17.1 Å². The van der Waals surface area contributed by atoms with Gasteiger partial charge in [0.05, 0.1) is 0 Å². The summed E-state index contributed by atoms with van der Waals surface area (Å²) in [6, 6.07) is 4.89. The molecule has 1 nitrogen and oxygen atoms in total. The number of rotatable bonds is 4. The van der Waals surface area contributed by atoms with E-state index < -0.39 is 0 Å². The molecule has 1 aromatic carbocycles. The molecule has 0 unspecified atom stereocenters. The average Bonchev–Trinajstić information content (AvgIpc) is 2.93. The summed E-state index contributed by atoms with van der Waals surface area (Å²) in [6.07, 6.45) is 3.08. The van der Waals surface area contributed by atoms with Crippen LogP contribution in [-0.2, 0) is 6.42 Å². The first-order chi connectivity index (χ1) is 7.17. The van der Waals surface area contributed by atoms with Crippen molar-refractivity contribution in [3.63, 3.8) is 0 Å². The molecule has 0 heterocycles. The van der Waals surface area contributed by atoms with Gasteiger partial charge in [0.1, 0.15) is 5.82 Å². The summed E-state index contributed by atoms with van der Waals surface area (Å²) < 4.78 is 13.5. The van der Waals surface area contributed by atoms with Crippen molar-refractivity contribution < 1.29 is 4.39 Å². The zero-order valence-corrected chi connectivity index (χ0v) is 9.57. The summed E-state index contributed by atoms with van der Waals surface area (Å²) in [4.78, 5) is 0. The summed E-state index contributed by atoms with van der Waals surface area (Å²) in [5.41, 5.74) is 0.924. The minimum atomic E-state index is -0.176. The SMILES string of the molecule is CNCC1(Cc2c(F)cccc2Cl)CC1. The molecular weight excluding hydrogens is 213 g/mol. The highest BCUT2D eigenvalue weighted by Gasteiger charge is 2.42. The van der Waals surface area contributed by atoms with Crippen LogP contribution in [0, 0.1) is 11.2 Å². The fourth-order valence-electron chi connectivity index (χ4n) is 2.04. The second-order valence-corrected chi connectivity index (χ2v) is 4.81. The van der Waals surface area contributed by atoms with Crippen molar-refractivity contribution in [2.24, 2.45) is 5.41 Å². The molecule has 1 fully saturated rings. The van der Waals surface area contributed by atoms with Crippen LogP contribution in [0.1, 0.15) is 18.4 Å². The average molecular weight is 228 g/mol. The van der Waals surface area contributed by atoms with E-state index >= 15 is 0 Å². The van der Waals surface area contributed by atoms with Crippen LogP contribution < -0.4 is 5.32 Å². The van der Waals surface area contributed by atoms with Crippen LogP contribution in [0.25, 0.3) is 0 Å². The lowest BCUT2D eigenvalue weighted by atomic mass is 9.96. The van der Waals surface area contributed by atoms with Crippen LogP contribution in [0.3, 0.4) is 0 Å². The fraction of sp³-hybridized carbons (Fsp3) is 0.500. The Balaban J connectivity index is 2.17. The lowest BCUT2D eigenvalue weighted by Gasteiger charge is -2.15. The molecule has 0 atom stereocenters.